The van der Waals surface area contributed by atoms with Crippen molar-refractivity contribution in [2.75, 3.05) is 18.0 Å². The summed E-state index contributed by atoms with van der Waals surface area (Å²) < 4.78 is 13.9. The molecule has 0 unspecified atom stereocenters. The molecule has 0 aliphatic carbocycles. The molecule has 2 nitrogen and oxygen atoms in total. The van der Waals surface area contributed by atoms with Crippen molar-refractivity contribution in [3.8, 4) is 0 Å². The molecule has 1 aromatic carbocycles. The Labute approximate surface area is 103 Å². The van der Waals surface area contributed by atoms with Gasteiger partial charge >= 0.3 is 0 Å². The highest BCUT2D eigenvalue weighted by Gasteiger charge is 2.17. The average molecular weight is 239 g/mol. The molecule has 0 aromatic heterocycles. The van der Waals surface area contributed by atoms with Gasteiger partial charge < -0.3 is 10.0 Å². The molecule has 0 saturated heterocycles. The fourth-order valence-electron chi connectivity index (χ4n) is 1.98. The zero-order chi connectivity index (χ0) is 12.8. The van der Waals surface area contributed by atoms with E-state index in [2.05, 4.69) is 6.92 Å². The third kappa shape index (κ3) is 3.43. The van der Waals surface area contributed by atoms with Crippen molar-refractivity contribution in [2.45, 2.75) is 39.7 Å². The summed E-state index contributed by atoms with van der Waals surface area (Å²) in [5, 5.41) is 9.71. The van der Waals surface area contributed by atoms with E-state index in [1.54, 1.807) is 19.1 Å². The van der Waals surface area contributed by atoms with Crippen LogP contribution in [0.4, 0.5) is 10.1 Å². The predicted octanol–water partition coefficient (Wildman–Crippen LogP) is 3.51. The van der Waals surface area contributed by atoms with E-state index in [4.69, 9.17) is 0 Å². The van der Waals surface area contributed by atoms with Gasteiger partial charge in [0, 0.05) is 18.7 Å². The number of benzene rings is 1. The molecule has 1 N–H and O–H groups in total. The zero-order valence-electron chi connectivity index (χ0n) is 10.9. The maximum atomic E-state index is 13.9. The molecule has 0 aliphatic heterocycles. The Morgan fingerprint density at radius 1 is 1.35 bits per heavy atom. The molecule has 96 valence electrons. The van der Waals surface area contributed by atoms with Gasteiger partial charge in [0.15, 0.2) is 0 Å². The standard InChI is InChI=1S/C14H22FNO/c1-4-6-10-16(5-2)14-12(11(3)17)8-7-9-13(14)15/h7-9,11,17H,4-6,10H2,1-3H3/t11-/m0/s1. The lowest BCUT2D eigenvalue weighted by atomic mass is 10.1. The minimum absolute atomic E-state index is 0.249. The molecule has 0 heterocycles. The van der Waals surface area contributed by atoms with Gasteiger partial charge in [-0.3, -0.25) is 0 Å². The summed E-state index contributed by atoms with van der Waals surface area (Å²) in [6.07, 6.45) is 1.47. The predicted molar refractivity (Wildman–Crippen MR) is 69.8 cm³/mol. The largest absolute Gasteiger partial charge is 0.389 e. The van der Waals surface area contributed by atoms with E-state index in [1.807, 2.05) is 11.8 Å². The first kappa shape index (κ1) is 14.0. The Morgan fingerprint density at radius 2 is 2.06 bits per heavy atom. The van der Waals surface area contributed by atoms with Crippen LogP contribution in [0.15, 0.2) is 18.2 Å². The van der Waals surface area contributed by atoms with Crippen molar-refractivity contribution in [1.29, 1.82) is 0 Å². The number of aliphatic hydroxyl groups excluding tert-OH is 1. The molecule has 17 heavy (non-hydrogen) atoms. The van der Waals surface area contributed by atoms with E-state index >= 15 is 0 Å². The van der Waals surface area contributed by atoms with Crippen LogP contribution in [0, 0.1) is 5.82 Å². The maximum absolute atomic E-state index is 13.9. The Morgan fingerprint density at radius 3 is 2.59 bits per heavy atom. The van der Waals surface area contributed by atoms with Crippen molar-refractivity contribution in [2.24, 2.45) is 0 Å². The molecule has 0 radical (unpaired) electrons. The van der Waals surface area contributed by atoms with Crippen LogP contribution >= 0.6 is 0 Å². The van der Waals surface area contributed by atoms with Crippen LogP contribution in [-0.4, -0.2) is 18.2 Å². The van der Waals surface area contributed by atoms with Crippen molar-refractivity contribution < 1.29 is 9.50 Å². The van der Waals surface area contributed by atoms with Crippen molar-refractivity contribution in [3.63, 3.8) is 0 Å². The first-order chi connectivity index (χ1) is 8.11. The van der Waals surface area contributed by atoms with Crippen molar-refractivity contribution in [3.05, 3.63) is 29.6 Å². The lowest BCUT2D eigenvalue weighted by Crippen LogP contribution is -2.26. The highest BCUT2D eigenvalue weighted by Crippen LogP contribution is 2.29. The summed E-state index contributed by atoms with van der Waals surface area (Å²) in [6.45, 7) is 7.37. The van der Waals surface area contributed by atoms with Gasteiger partial charge in [0.1, 0.15) is 5.82 Å². The smallest absolute Gasteiger partial charge is 0.146 e. The van der Waals surface area contributed by atoms with Crippen LogP contribution in [-0.2, 0) is 0 Å². The molecular weight excluding hydrogens is 217 g/mol. The maximum Gasteiger partial charge on any atom is 0.146 e. The number of nitrogens with zero attached hydrogens (tertiary/aromatic N) is 1. The second-order valence-corrected chi connectivity index (χ2v) is 4.29. The number of halogens is 1. The topological polar surface area (TPSA) is 23.5 Å². The monoisotopic (exact) mass is 239 g/mol. The molecule has 0 spiro atoms. The minimum Gasteiger partial charge on any atom is -0.389 e. The highest BCUT2D eigenvalue weighted by atomic mass is 19.1. The number of unbranched alkanes of at least 4 members (excludes halogenated alkanes) is 1. The summed E-state index contributed by atoms with van der Waals surface area (Å²) in [6, 6.07) is 4.89. The first-order valence-corrected chi connectivity index (χ1v) is 6.33. The molecule has 3 heteroatoms. The summed E-state index contributed by atoms with van der Waals surface area (Å²) in [4.78, 5) is 2.00. The number of hydrogen-bond donors (Lipinski definition) is 1. The molecule has 1 aromatic rings. The molecule has 1 rings (SSSR count). The number of hydrogen-bond acceptors (Lipinski definition) is 2. The van der Waals surface area contributed by atoms with Gasteiger partial charge in [-0.25, -0.2) is 4.39 Å². The molecule has 0 bridgehead atoms. The minimum atomic E-state index is -0.642. The summed E-state index contributed by atoms with van der Waals surface area (Å²) in [7, 11) is 0. The van der Waals surface area contributed by atoms with Gasteiger partial charge in [0.2, 0.25) is 0 Å². The fourth-order valence-corrected chi connectivity index (χ4v) is 1.98. The SMILES string of the molecule is CCCCN(CC)c1c(F)cccc1[C@H](C)O. The van der Waals surface area contributed by atoms with Gasteiger partial charge in [-0.2, -0.15) is 0 Å². The van der Waals surface area contributed by atoms with Gasteiger partial charge in [-0.1, -0.05) is 25.5 Å². The fraction of sp³-hybridized carbons (Fsp3) is 0.571. The van der Waals surface area contributed by atoms with E-state index < -0.39 is 6.10 Å². The van der Waals surface area contributed by atoms with Gasteiger partial charge in [0.25, 0.3) is 0 Å². The second kappa shape index (κ2) is 6.60. The molecular formula is C14H22FNO. The first-order valence-electron chi connectivity index (χ1n) is 6.33. The van der Waals surface area contributed by atoms with Crippen LogP contribution in [0.25, 0.3) is 0 Å². The van der Waals surface area contributed by atoms with Crippen LogP contribution in [0.5, 0.6) is 0 Å². The van der Waals surface area contributed by atoms with Crippen molar-refractivity contribution >= 4 is 5.69 Å². The van der Waals surface area contributed by atoms with Crippen LogP contribution in [0.2, 0.25) is 0 Å². The third-order valence-electron chi connectivity index (χ3n) is 2.95. The highest BCUT2D eigenvalue weighted by molar-refractivity contribution is 5.55. The molecule has 0 fully saturated rings. The van der Waals surface area contributed by atoms with Crippen LogP contribution < -0.4 is 4.90 Å². The van der Waals surface area contributed by atoms with Gasteiger partial charge in [0.05, 0.1) is 11.8 Å². The van der Waals surface area contributed by atoms with Crippen LogP contribution in [0.1, 0.15) is 45.3 Å². The summed E-state index contributed by atoms with van der Waals surface area (Å²) in [5.74, 6) is -0.249. The summed E-state index contributed by atoms with van der Waals surface area (Å²) >= 11 is 0. The van der Waals surface area contributed by atoms with Gasteiger partial charge in [-0.05, 0) is 26.3 Å². The van der Waals surface area contributed by atoms with E-state index in [0.717, 1.165) is 25.9 Å². The molecule has 0 saturated carbocycles. The molecule has 1 atom stereocenters. The second-order valence-electron chi connectivity index (χ2n) is 4.29. The molecule has 0 amide bonds. The third-order valence-corrected chi connectivity index (χ3v) is 2.95. The average Bonchev–Trinajstić information content (AvgIpc) is 2.31. The van der Waals surface area contributed by atoms with E-state index in [-0.39, 0.29) is 5.82 Å². The van der Waals surface area contributed by atoms with E-state index in [9.17, 15) is 9.50 Å². The van der Waals surface area contributed by atoms with Crippen LogP contribution in [0.3, 0.4) is 0 Å². The number of rotatable bonds is 6. The Hall–Kier alpha value is -1.09. The van der Waals surface area contributed by atoms with Gasteiger partial charge in [-0.15, -0.1) is 0 Å². The lowest BCUT2D eigenvalue weighted by Gasteiger charge is -2.27. The van der Waals surface area contributed by atoms with Crippen molar-refractivity contribution in [1.82, 2.24) is 0 Å². The Balaban J connectivity index is 3.07. The lowest BCUT2D eigenvalue weighted by molar-refractivity contribution is 0.199. The number of para-hydroxylation sites is 1. The van der Waals surface area contributed by atoms with E-state index in [1.165, 1.54) is 6.07 Å². The Bertz CT molecular complexity index is 352. The summed E-state index contributed by atoms with van der Waals surface area (Å²) in [5.41, 5.74) is 1.22. The Kier molecular flexibility index (Phi) is 5.42. The normalized spacial score (nSPS) is 12.5. The number of aliphatic hydroxyl groups is 1. The van der Waals surface area contributed by atoms with E-state index in [0.29, 0.717) is 11.3 Å². The quantitative estimate of drug-likeness (QED) is 0.821. The number of anilines is 1. The zero-order valence-corrected chi connectivity index (χ0v) is 10.9. The molecule has 0 aliphatic rings.